The van der Waals surface area contributed by atoms with E-state index in [0.717, 1.165) is 22.9 Å². The molecule has 2 aliphatic rings. The van der Waals surface area contributed by atoms with Crippen LogP contribution in [-0.2, 0) is 22.3 Å². The lowest BCUT2D eigenvalue weighted by atomic mass is 10.1. The lowest BCUT2D eigenvalue weighted by molar-refractivity contribution is 0.0265. The maximum atomic E-state index is 13.1. The van der Waals surface area contributed by atoms with Crippen LogP contribution in [0.15, 0.2) is 30.9 Å². The normalized spacial score (nSPS) is 18.9. The van der Waals surface area contributed by atoms with Gasteiger partial charge in [-0.05, 0) is 31.0 Å². The Labute approximate surface area is 201 Å². The number of ether oxygens (including phenoxy) is 2. The predicted molar refractivity (Wildman–Crippen MR) is 126 cm³/mol. The topological polar surface area (TPSA) is 91.0 Å². The Bertz CT molecular complexity index is 974. The van der Waals surface area contributed by atoms with E-state index < -0.39 is 12.1 Å². The third kappa shape index (κ3) is 5.87. The highest BCUT2D eigenvalue weighted by molar-refractivity contribution is 7.16. The van der Waals surface area contributed by atoms with Crippen LogP contribution in [-0.4, -0.2) is 89.6 Å². The Morgan fingerprint density at radius 2 is 2.06 bits per heavy atom. The molecule has 0 spiro atoms. The number of hydrogen-bond acceptors (Lipinski definition) is 6. The number of nitrogens with zero attached hydrogens (tertiary/aromatic N) is 4. The van der Waals surface area contributed by atoms with Gasteiger partial charge in [0.1, 0.15) is 6.61 Å². The molecule has 2 aromatic rings. The van der Waals surface area contributed by atoms with Crippen LogP contribution < -0.4 is 0 Å². The second-order valence-corrected chi connectivity index (χ2v) is 9.73. The fourth-order valence-corrected chi connectivity index (χ4v) is 5.11. The Balaban J connectivity index is 1.47. The van der Waals surface area contributed by atoms with E-state index in [-0.39, 0.29) is 12.6 Å². The van der Waals surface area contributed by atoms with Gasteiger partial charge in [-0.3, -0.25) is 10.00 Å². The van der Waals surface area contributed by atoms with Crippen LogP contribution >= 0.6 is 22.9 Å². The van der Waals surface area contributed by atoms with Gasteiger partial charge in [-0.15, -0.1) is 11.3 Å². The van der Waals surface area contributed by atoms with Gasteiger partial charge in [-0.25, -0.2) is 9.59 Å². The summed E-state index contributed by atoms with van der Waals surface area (Å²) in [5.74, 6) is 0. The summed E-state index contributed by atoms with van der Waals surface area (Å²) in [6.07, 6.45) is 2.72. The summed E-state index contributed by atoms with van der Waals surface area (Å²) >= 11 is 7.59. The molecule has 4 heterocycles. The van der Waals surface area contributed by atoms with Crippen molar-refractivity contribution in [2.75, 3.05) is 52.5 Å². The first-order valence-corrected chi connectivity index (χ1v) is 12.2. The van der Waals surface area contributed by atoms with E-state index in [2.05, 4.69) is 16.8 Å². The van der Waals surface area contributed by atoms with Gasteiger partial charge in [0, 0.05) is 43.3 Å². The van der Waals surface area contributed by atoms with Gasteiger partial charge in [0.25, 0.3) is 0 Å². The zero-order valence-corrected chi connectivity index (χ0v) is 19.9. The number of amides is 3. The van der Waals surface area contributed by atoms with Crippen LogP contribution in [0.1, 0.15) is 22.3 Å². The lowest BCUT2D eigenvalue weighted by Crippen LogP contribution is -2.56. The fourth-order valence-electron chi connectivity index (χ4n) is 4.02. The number of aryl methyl sites for hydroxylation is 2. The zero-order valence-electron chi connectivity index (χ0n) is 18.4. The monoisotopic (exact) mass is 493 g/mol. The third-order valence-electron chi connectivity index (χ3n) is 5.75. The molecule has 33 heavy (non-hydrogen) atoms. The standard InChI is InChI=1S/C22H28ClN5O4S/c1-2-11-32-22(30)28-8-7-27(21(29)26-9-12-31-13-10-26)15-19(28)18-14-16(24-25-18)3-4-17-5-6-20(23)33-17/h2,5-6,14,19H,1,3-4,7-13,15H2,(H,24,25). The number of nitrogens with one attached hydrogen (secondary N) is 1. The molecule has 2 fully saturated rings. The summed E-state index contributed by atoms with van der Waals surface area (Å²) in [6, 6.07) is 5.46. The minimum atomic E-state index is -0.434. The molecule has 4 rings (SSSR count). The second-order valence-electron chi connectivity index (χ2n) is 7.93. The summed E-state index contributed by atoms with van der Waals surface area (Å²) in [4.78, 5) is 32.2. The molecule has 1 atom stereocenters. The quantitative estimate of drug-likeness (QED) is 0.623. The summed E-state index contributed by atoms with van der Waals surface area (Å²) in [6.45, 7) is 7.12. The van der Waals surface area contributed by atoms with E-state index in [9.17, 15) is 9.59 Å². The Kier molecular flexibility index (Phi) is 7.89. The molecule has 11 heteroatoms. The molecule has 0 saturated carbocycles. The second kappa shape index (κ2) is 11.0. The van der Waals surface area contributed by atoms with Crippen LogP contribution in [0.2, 0.25) is 4.34 Å². The van der Waals surface area contributed by atoms with E-state index >= 15 is 0 Å². The third-order valence-corrected chi connectivity index (χ3v) is 7.04. The highest BCUT2D eigenvalue weighted by Crippen LogP contribution is 2.27. The van der Waals surface area contributed by atoms with Gasteiger partial charge in [0.05, 0.1) is 29.3 Å². The van der Waals surface area contributed by atoms with Crippen molar-refractivity contribution in [2.45, 2.75) is 18.9 Å². The average molecular weight is 494 g/mol. The number of piperazine rings is 1. The molecule has 0 radical (unpaired) electrons. The summed E-state index contributed by atoms with van der Waals surface area (Å²) < 4.78 is 11.4. The van der Waals surface area contributed by atoms with Crippen molar-refractivity contribution in [3.05, 3.63) is 51.5 Å². The first-order chi connectivity index (χ1) is 16.0. The van der Waals surface area contributed by atoms with E-state index in [1.54, 1.807) is 26.0 Å². The number of rotatable bonds is 6. The Morgan fingerprint density at radius 1 is 1.24 bits per heavy atom. The molecule has 1 unspecified atom stereocenters. The molecular weight excluding hydrogens is 466 g/mol. The number of hydrogen-bond donors (Lipinski definition) is 1. The maximum Gasteiger partial charge on any atom is 0.410 e. The number of urea groups is 1. The summed E-state index contributed by atoms with van der Waals surface area (Å²) in [7, 11) is 0. The first kappa shape index (κ1) is 23.6. The number of aromatic amines is 1. The molecule has 2 aliphatic heterocycles. The van der Waals surface area contributed by atoms with E-state index in [1.807, 2.05) is 18.2 Å². The molecule has 178 valence electrons. The highest BCUT2D eigenvalue weighted by Gasteiger charge is 2.37. The predicted octanol–water partition coefficient (Wildman–Crippen LogP) is 3.34. The van der Waals surface area contributed by atoms with E-state index in [1.165, 1.54) is 11.0 Å². The Morgan fingerprint density at radius 3 is 2.79 bits per heavy atom. The number of thiophene rings is 1. The smallest absolute Gasteiger partial charge is 0.410 e. The van der Waals surface area contributed by atoms with Crippen LogP contribution in [0, 0.1) is 0 Å². The van der Waals surface area contributed by atoms with Crippen LogP contribution in [0.4, 0.5) is 9.59 Å². The van der Waals surface area contributed by atoms with Crippen molar-refractivity contribution >= 4 is 35.1 Å². The van der Waals surface area contributed by atoms with Crippen molar-refractivity contribution in [2.24, 2.45) is 0 Å². The number of carbonyl (C=O) groups is 2. The number of aromatic nitrogens is 2. The number of morpholine rings is 1. The van der Waals surface area contributed by atoms with Crippen molar-refractivity contribution in [3.63, 3.8) is 0 Å². The summed E-state index contributed by atoms with van der Waals surface area (Å²) in [5, 5.41) is 7.57. The minimum Gasteiger partial charge on any atom is -0.445 e. The van der Waals surface area contributed by atoms with Crippen LogP contribution in [0.3, 0.4) is 0 Å². The zero-order chi connectivity index (χ0) is 23.2. The van der Waals surface area contributed by atoms with Crippen molar-refractivity contribution in [1.29, 1.82) is 0 Å². The molecule has 2 saturated heterocycles. The molecule has 0 aromatic carbocycles. The van der Waals surface area contributed by atoms with Gasteiger partial charge in [-0.2, -0.15) is 5.10 Å². The molecule has 3 amide bonds. The van der Waals surface area contributed by atoms with Crippen molar-refractivity contribution in [1.82, 2.24) is 24.9 Å². The first-order valence-electron chi connectivity index (χ1n) is 11.0. The van der Waals surface area contributed by atoms with Crippen molar-refractivity contribution in [3.8, 4) is 0 Å². The Hall–Kier alpha value is -2.56. The summed E-state index contributed by atoms with van der Waals surface area (Å²) in [5.41, 5.74) is 1.68. The number of carbonyl (C=O) groups excluding carboxylic acids is 2. The van der Waals surface area contributed by atoms with Gasteiger partial charge >= 0.3 is 12.1 Å². The van der Waals surface area contributed by atoms with E-state index in [4.69, 9.17) is 21.1 Å². The largest absolute Gasteiger partial charge is 0.445 e. The highest BCUT2D eigenvalue weighted by atomic mass is 35.5. The van der Waals surface area contributed by atoms with Gasteiger partial charge in [0.2, 0.25) is 0 Å². The molecule has 1 N–H and O–H groups in total. The lowest BCUT2D eigenvalue weighted by Gasteiger charge is -2.42. The molecule has 2 aromatic heterocycles. The fraction of sp³-hybridized carbons (Fsp3) is 0.500. The SMILES string of the molecule is C=CCOC(=O)N1CCN(C(=O)N2CCOCC2)CC1c1cc(CCc2ccc(Cl)s2)[nH]n1. The minimum absolute atomic E-state index is 0.0345. The van der Waals surface area contributed by atoms with Gasteiger partial charge < -0.3 is 19.3 Å². The average Bonchev–Trinajstić information content (AvgIpc) is 3.49. The van der Waals surface area contributed by atoms with Crippen LogP contribution in [0.25, 0.3) is 0 Å². The molecule has 9 nitrogen and oxygen atoms in total. The number of halogens is 1. The van der Waals surface area contributed by atoms with E-state index in [0.29, 0.717) is 51.6 Å². The molecule has 0 bridgehead atoms. The molecular formula is C22H28ClN5O4S. The van der Waals surface area contributed by atoms with Crippen LogP contribution in [0.5, 0.6) is 0 Å². The van der Waals surface area contributed by atoms with Gasteiger partial charge in [0.15, 0.2) is 0 Å². The number of H-pyrrole nitrogens is 1. The van der Waals surface area contributed by atoms with Gasteiger partial charge in [-0.1, -0.05) is 24.3 Å². The maximum absolute atomic E-state index is 13.1. The molecule has 0 aliphatic carbocycles. The van der Waals surface area contributed by atoms with Crippen molar-refractivity contribution < 1.29 is 19.1 Å².